The molecule has 0 saturated heterocycles. The molecule has 0 atom stereocenters. The SMILES string of the molecule is CCCCCCCCCCCCCCCCCCCCCCCCCCCCC(C)(C)CCCCCCCCCC. The maximum Gasteiger partial charge on any atom is -0.0354 e. The van der Waals surface area contributed by atoms with Crippen molar-refractivity contribution in [3.63, 3.8) is 0 Å². The summed E-state index contributed by atoms with van der Waals surface area (Å²) in [6, 6.07) is 0. The monoisotopic (exact) mass is 577 g/mol. The van der Waals surface area contributed by atoms with Gasteiger partial charge in [0.2, 0.25) is 0 Å². The summed E-state index contributed by atoms with van der Waals surface area (Å²) in [4.78, 5) is 0. The van der Waals surface area contributed by atoms with E-state index in [4.69, 9.17) is 0 Å². The summed E-state index contributed by atoms with van der Waals surface area (Å²) in [5, 5.41) is 0. The first-order valence-electron chi connectivity index (χ1n) is 20.1. The Bertz CT molecular complexity index is 449. The van der Waals surface area contributed by atoms with Crippen molar-refractivity contribution in [1.82, 2.24) is 0 Å². The lowest BCUT2D eigenvalue weighted by Gasteiger charge is -2.24. The molecular formula is C41H84. The van der Waals surface area contributed by atoms with Crippen LogP contribution in [0.5, 0.6) is 0 Å². The number of unbranched alkanes of at least 4 members (excludes halogenated alkanes) is 32. The van der Waals surface area contributed by atoms with Gasteiger partial charge in [-0.15, -0.1) is 0 Å². The Hall–Kier alpha value is 0. The molecule has 0 aliphatic rings. The summed E-state index contributed by atoms with van der Waals surface area (Å²) in [5.74, 6) is 0. The van der Waals surface area contributed by atoms with Gasteiger partial charge < -0.3 is 0 Å². The van der Waals surface area contributed by atoms with Gasteiger partial charge in [0.05, 0.1) is 0 Å². The van der Waals surface area contributed by atoms with E-state index in [0.29, 0.717) is 5.41 Å². The van der Waals surface area contributed by atoms with Gasteiger partial charge in [0, 0.05) is 0 Å². The largest absolute Gasteiger partial charge is 0.0654 e. The zero-order chi connectivity index (χ0) is 30.0. The second-order valence-electron chi connectivity index (χ2n) is 15.0. The van der Waals surface area contributed by atoms with E-state index in [0.717, 1.165) is 0 Å². The summed E-state index contributed by atoms with van der Waals surface area (Å²) < 4.78 is 0. The third-order valence-corrected chi connectivity index (χ3v) is 9.91. The van der Waals surface area contributed by atoms with Gasteiger partial charge in [-0.25, -0.2) is 0 Å². The minimum Gasteiger partial charge on any atom is -0.0654 e. The highest BCUT2D eigenvalue weighted by molar-refractivity contribution is 4.69. The minimum atomic E-state index is 0.578. The lowest BCUT2D eigenvalue weighted by molar-refractivity contribution is 0.282. The molecular weight excluding hydrogens is 492 g/mol. The first-order valence-corrected chi connectivity index (χ1v) is 20.1. The minimum absolute atomic E-state index is 0.578. The van der Waals surface area contributed by atoms with Crippen LogP contribution in [-0.2, 0) is 0 Å². The normalized spacial score (nSPS) is 12.0. The zero-order valence-electron chi connectivity index (χ0n) is 30.0. The van der Waals surface area contributed by atoms with Crippen molar-refractivity contribution in [3.8, 4) is 0 Å². The molecule has 0 aromatic heterocycles. The Kier molecular flexibility index (Phi) is 34.5. The molecule has 0 fully saturated rings. The van der Waals surface area contributed by atoms with Gasteiger partial charge in [0.15, 0.2) is 0 Å². The molecule has 0 aromatic carbocycles. The first-order chi connectivity index (χ1) is 20.1. The molecule has 0 unspecified atom stereocenters. The first kappa shape index (κ1) is 41.0. The molecule has 0 amide bonds. The van der Waals surface area contributed by atoms with Gasteiger partial charge in [0.1, 0.15) is 0 Å². The second-order valence-corrected chi connectivity index (χ2v) is 15.0. The van der Waals surface area contributed by atoms with Crippen molar-refractivity contribution in [2.45, 2.75) is 259 Å². The van der Waals surface area contributed by atoms with Crippen LogP contribution < -0.4 is 0 Å². The Morgan fingerprint density at radius 1 is 0.220 bits per heavy atom. The van der Waals surface area contributed by atoms with Gasteiger partial charge in [-0.3, -0.25) is 0 Å². The third-order valence-electron chi connectivity index (χ3n) is 9.91. The van der Waals surface area contributed by atoms with Crippen LogP contribution in [0.1, 0.15) is 259 Å². The maximum absolute atomic E-state index is 2.52. The Morgan fingerprint density at radius 2 is 0.366 bits per heavy atom. The fraction of sp³-hybridized carbons (Fsp3) is 1.00. The van der Waals surface area contributed by atoms with Crippen LogP contribution in [0.3, 0.4) is 0 Å². The average Bonchev–Trinajstić information content (AvgIpc) is 2.96. The highest BCUT2D eigenvalue weighted by atomic mass is 14.2. The molecule has 0 aliphatic carbocycles. The third kappa shape index (κ3) is 36.1. The highest BCUT2D eigenvalue weighted by Crippen LogP contribution is 2.30. The number of rotatable bonds is 36. The maximum atomic E-state index is 2.52. The molecule has 0 aromatic rings. The summed E-state index contributed by atoms with van der Waals surface area (Å²) in [5.41, 5.74) is 0.578. The standard InChI is InChI=1S/C41H84/c1-5-7-9-11-13-15-16-17-18-19-20-21-22-23-24-25-26-27-28-29-30-31-32-34-36-38-40-41(3,4)39-37-35-33-14-12-10-8-6-2/h5-40H2,1-4H3. The van der Waals surface area contributed by atoms with E-state index in [1.165, 1.54) is 231 Å². The van der Waals surface area contributed by atoms with Gasteiger partial charge in [0.25, 0.3) is 0 Å². The molecule has 41 heavy (non-hydrogen) atoms. The van der Waals surface area contributed by atoms with E-state index in [1.807, 2.05) is 0 Å². The van der Waals surface area contributed by atoms with Gasteiger partial charge in [-0.2, -0.15) is 0 Å². The Morgan fingerprint density at radius 3 is 0.537 bits per heavy atom. The predicted molar refractivity (Wildman–Crippen MR) is 191 cm³/mol. The lowest BCUT2D eigenvalue weighted by atomic mass is 9.82. The Labute approximate surface area is 263 Å². The van der Waals surface area contributed by atoms with Crippen LogP contribution in [0, 0.1) is 5.41 Å². The van der Waals surface area contributed by atoms with E-state index in [2.05, 4.69) is 27.7 Å². The number of hydrogen-bond acceptors (Lipinski definition) is 0. The van der Waals surface area contributed by atoms with Crippen LogP contribution in [0.2, 0.25) is 0 Å². The van der Waals surface area contributed by atoms with E-state index >= 15 is 0 Å². The van der Waals surface area contributed by atoms with Crippen molar-refractivity contribution < 1.29 is 0 Å². The molecule has 248 valence electrons. The van der Waals surface area contributed by atoms with Crippen LogP contribution in [0.4, 0.5) is 0 Å². The topological polar surface area (TPSA) is 0 Å². The molecule has 0 aliphatic heterocycles. The van der Waals surface area contributed by atoms with E-state index in [1.54, 1.807) is 0 Å². The van der Waals surface area contributed by atoms with E-state index < -0.39 is 0 Å². The van der Waals surface area contributed by atoms with Crippen molar-refractivity contribution in [3.05, 3.63) is 0 Å². The lowest BCUT2D eigenvalue weighted by Crippen LogP contribution is -2.11. The van der Waals surface area contributed by atoms with Crippen molar-refractivity contribution >= 4 is 0 Å². The molecule has 0 heteroatoms. The van der Waals surface area contributed by atoms with Crippen LogP contribution in [0.25, 0.3) is 0 Å². The van der Waals surface area contributed by atoms with E-state index in [-0.39, 0.29) is 0 Å². The quantitative estimate of drug-likeness (QED) is 0.0651. The molecule has 0 nitrogen and oxygen atoms in total. The van der Waals surface area contributed by atoms with Gasteiger partial charge in [-0.05, 0) is 18.3 Å². The highest BCUT2D eigenvalue weighted by Gasteiger charge is 2.16. The fourth-order valence-corrected chi connectivity index (χ4v) is 6.78. The van der Waals surface area contributed by atoms with E-state index in [9.17, 15) is 0 Å². The molecule has 0 bridgehead atoms. The Balaban J connectivity index is 3.19. The molecule has 0 N–H and O–H groups in total. The molecule has 0 rings (SSSR count). The van der Waals surface area contributed by atoms with Crippen LogP contribution >= 0.6 is 0 Å². The molecule has 0 heterocycles. The van der Waals surface area contributed by atoms with Crippen LogP contribution in [0.15, 0.2) is 0 Å². The average molecular weight is 577 g/mol. The van der Waals surface area contributed by atoms with Crippen molar-refractivity contribution in [1.29, 1.82) is 0 Å². The molecule has 0 radical (unpaired) electrons. The predicted octanol–water partition coefficient (Wildman–Crippen LogP) is 16.1. The molecule has 0 spiro atoms. The second kappa shape index (κ2) is 34.5. The summed E-state index contributed by atoms with van der Waals surface area (Å²) in [6.45, 7) is 9.67. The zero-order valence-corrected chi connectivity index (χ0v) is 30.0. The summed E-state index contributed by atoms with van der Waals surface area (Å²) in [6.07, 6.45) is 53.0. The number of hydrogen-bond donors (Lipinski definition) is 0. The summed E-state index contributed by atoms with van der Waals surface area (Å²) >= 11 is 0. The van der Waals surface area contributed by atoms with Crippen molar-refractivity contribution in [2.75, 3.05) is 0 Å². The fourth-order valence-electron chi connectivity index (χ4n) is 6.78. The smallest absolute Gasteiger partial charge is 0.0354 e. The van der Waals surface area contributed by atoms with Gasteiger partial charge >= 0.3 is 0 Å². The van der Waals surface area contributed by atoms with Crippen molar-refractivity contribution in [2.24, 2.45) is 5.41 Å². The summed E-state index contributed by atoms with van der Waals surface area (Å²) in [7, 11) is 0. The van der Waals surface area contributed by atoms with Crippen LogP contribution in [-0.4, -0.2) is 0 Å². The molecule has 0 saturated carbocycles. The van der Waals surface area contributed by atoms with Gasteiger partial charge in [-0.1, -0.05) is 246 Å².